The summed E-state index contributed by atoms with van der Waals surface area (Å²) in [5.41, 5.74) is 1.22. The second kappa shape index (κ2) is 5.07. The number of rotatable bonds is 3. The number of hydrogen-bond acceptors (Lipinski definition) is 4. The first kappa shape index (κ1) is 13.9. The van der Waals surface area contributed by atoms with Gasteiger partial charge < -0.3 is 15.0 Å². The summed E-state index contributed by atoms with van der Waals surface area (Å²) in [5.74, 6) is 0.583. The third-order valence-electron chi connectivity index (χ3n) is 3.64. The third-order valence-corrected chi connectivity index (χ3v) is 5.41. The van der Waals surface area contributed by atoms with Crippen LogP contribution in [0.1, 0.15) is 16.9 Å². The van der Waals surface area contributed by atoms with Crippen LogP contribution >= 0.6 is 0 Å². The number of H-pyrrole nitrogens is 1. The average molecular weight is 308 g/mol. The van der Waals surface area contributed by atoms with E-state index >= 15 is 0 Å². The van der Waals surface area contributed by atoms with Crippen molar-refractivity contribution < 1.29 is 17.9 Å². The first-order valence-corrected chi connectivity index (χ1v) is 8.47. The lowest BCUT2D eigenvalue weighted by molar-refractivity contribution is 0.0937. The molecule has 0 unspecified atom stereocenters. The second-order valence-electron chi connectivity index (χ2n) is 5.21. The largest absolute Gasteiger partial charge is 0.497 e. The van der Waals surface area contributed by atoms with E-state index in [9.17, 15) is 13.2 Å². The van der Waals surface area contributed by atoms with Gasteiger partial charge in [-0.25, -0.2) is 8.42 Å². The Hall–Kier alpha value is -2.02. The van der Waals surface area contributed by atoms with Gasteiger partial charge in [0.25, 0.3) is 5.91 Å². The normalized spacial score (nSPS) is 20.5. The fourth-order valence-electron chi connectivity index (χ4n) is 2.53. The average Bonchev–Trinajstić information content (AvgIpc) is 3.00. The zero-order chi connectivity index (χ0) is 15.0. The van der Waals surface area contributed by atoms with E-state index in [0.29, 0.717) is 17.9 Å². The number of aromatic amines is 1. The van der Waals surface area contributed by atoms with Gasteiger partial charge in [0.2, 0.25) is 0 Å². The van der Waals surface area contributed by atoms with Crippen LogP contribution in [0.3, 0.4) is 0 Å². The number of methoxy groups -OCH3 is 1. The number of benzene rings is 1. The molecule has 0 bridgehead atoms. The zero-order valence-electron chi connectivity index (χ0n) is 11.5. The molecule has 112 valence electrons. The molecule has 21 heavy (non-hydrogen) atoms. The highest BCUT2D eigenvalue weighted by atomic mass is 32.2. The molecule has 3 rings (SSSR count). The third kappa shape index (κ3) is 2.87. The fraction of sp³-hybridized carbons (Fsp3) is 0.357. The summed E-state index contributed by atoms with van der Waals surface area (Å²) < 4.78 is 27.9. The summed E-state index contributed by atoms with van der Waals surface area (Å²) in [5, 5.41) is 3.66. The molecule has 0 aliphatic carbocycles. The standard InChI is InChI=1S/C14H16N2O4S/c1-20-11-3-2-9-6-13(16-12(9)7-11)14(17)15-10-4-5-21(18,19)8-10/h2-3,6-7,10,16H,4-5,8H2,1H3,(H,15,17)/t10-/m0/s1. The number of carbonyl (C=O) groups is 1. The highest BCUT2D eigenvalue weighted by Crippen LogP contribution is 2.21. The quantitative estimate of drug-likeness (QED) is 0.888. The van der Waals surface area contributed by atoms with Gasteiger partial charge in [-0.15, -0.1) is 0 Å². The van der Waals surface area contributed by atoms with Gasteiger partial charge in [-0.2, -0.15) is 0 Å². The van der Waals surface area contributed by atoms with Gasteiger partial charge in [-0.1, -0.05) is 0 Å². The second-order valence-corrected chi connectivity index (χ2v) is 7.44. The number of nitrogens with one attached hydrogen (secondary N) is 2. The van der Waals surface area contributed by atoms with Crippen molar-refractivity contribution in [2.45, 2.75) is 12.5 Å². The molecule has 7 heteroatoms. The molecule has 1 atom stereocenters. The Morgan fingerprint density at radius 2 is 2.19 bits per heavy atom. The van der Waals surface area contributed by atoms with Crippen LogP contribution in [0.2, 0.25) is 0 Å². The molecule has 1 aromatic carbocycles. The van der Waals surface area contributed by atoms with Gasteiger partial charge in [0.05, 0.1) is 18.6 Å². The Morgan fingerprint density at radius 1 is 1.38 bits per heavy atom. The van der Waals surface area contributed by atoms with E-state index in [1.807, 2.05) is 18.2 Å². The predicted molar refractivity (Wildman–Crippen MR) is 79.4 cm³/mol. The van der Waals surface area contributed by atoms with Crippen LogP contribution in [0.5, 0.6) is 5.75 Å². The summed E-state index contributed by atoms with van der Waals surface area (Å²) in [6, 6.07) is 6.94. The SMILES string of the molecule is COc1ccc2cc(C(=O)N[C@H]3CCS(=O)(=O)C3)[nH]c2c1. The maximum Gasteiger partial charge on any atom is 0.267 e. The van der Waals surface area contributed by atoms with Crippen molar-refractivity contribution in [3.8, 4) is 5.75 Å². The van der Waals surface area contributed by atoms with Gasteiger partial charge in [-0.05, 0) is 24.6 Å². The summed E-state index contributed by atoms with van der Waals surface area (Å²) in [6.45, 7) is 0. The molecule has 1 amide bonds. The van der Waals surface area contributed by atoms with Crippen LogP contribution in [-0.4, -0.2) is 44.0 Å². The van der Waals surface area contributed by atoms with Crippen LogP contribution in [0.25, 0.3) is 10.9 Å². The lowest BCUT2D eigenvalue weighted by Crippen LogP contribution is -2.35. The van der Waals surface area contributed by atoms with E-state index in [2.05, 4.69) is 10.3 Å². The number of carbonyl (C=O) groups excluding carboxylic acids is 1. The molecule has 0 spiro atoms. The van der Waals surface area contributed by atoms with E-state index in [1.165, 1.54) is 0 Å². The maximum absolute atomic E-state index is 12.2. The smallest absolute Gasteiger partial charge is 0.267 e. The zero-order valence-corrected chi connectivity index (χ0v) is 12.4. The summed E-state index contributed by atoms with van der Waals surface area (Å²) in [6.07, 6.45) is 0.474. The number of ether oxygens (including phenoxy) is 1. The molecular weight excluding hydrogens is 292 g/mol. The monoisotopic (exact) mass is 308 g/mol. The molecule has 2 aromatic rings. The topological polar surface area (TPSA) is 88.3 Å². The number of aromatic nitrogens is 1. The Morgan fingerprint density at radius 3 is 2.86 bits per heavy atom. The minimum atomic E-state index is -3.00. The van der Waals surface area contributed by atoms with Crippen LogP contribution in [0.4, 0.5) is 0 Å². The lowest BCUT2D eigenvalue weighted by atomic mass is 10.2. The van der Waals surface area contributed by atoms with Crippen molar-refractivity contribution in [3.63, 3.8) is 0 Å². The van der Waals surface area contributed by atoms with Crippen molar-refractivity contribution in [1.29, 1.82) is 0 Å². The predicted octanol–water partition coefficient (Wildman–Crippen LogP) is 1.09. The van der Waals surface area contributed by atoms with Gasteiger partial charge in [0.1, 0.15) is 11.4 Å². The van der Waals surface area contributed by atoms with Gasteiger partial charge in [-0.3, -0.25) is 4.79 Å². The molecule has 1 aliphatic heterocycles. The van der Waals surface area contributed by atoms with Crippen molar-refractivity contribution in [2.75, 3.05) is 18.6 Å². The molecule has 1 fully saturated rings. The number of hydrogen-bond donors (Lipinski definition) is 2. The lowest BCUT2D eigenvalue weighted by Gasteiger charge is -2.09. The van der Waals surface area contributed by atoms with Crippen LogP contribution < -0.4 is 10.1 Å². The molecule has 0 saturated carbocycles. The highest BCUT2D eigenvalue weighted by molar-refractivity contribution is 7.91. The molecule has 1 aliphatic rings. The molecule has 2 heterocycles. The fourth-order valence-corrected chi connectivity index (χ4v) is 4.20. The Labute approximate surface area is 122 Å². The van der Waals surface area contributed by atoms with E-state index in [1.54, 1.807) is 13.2 Å². The van der Waals surface area contributed by atoms with Crippen LogP contribution in [-0.2, 0) is 9.84 Å². The Balaban J connectivity index is 1.78. The molecule has 1 aromatic heterocycles. The number of fused-ring (bicyclic) bond motifs is 1. The van der Waals surface area contributed by atoms with Gasteiger partial charge in [0.15, 0.2) is 9.84 Å². The minimum absolute atomic E-state index is 0.0206. The summed E-state index contributed by atoms with van der Waals surface area (Å²) in [4.78, 5) is 15.2. The summed E-state index contributed by atoms with van der Waals surface area (Å²) in [7, 11) is -1.42. The van der Waals surface area contributed by atoms with Crippen molar-refractivity contribution in [2.24, 2.45) is 0 Å². The molecule has 2 N–H and O–H groups in total. The maximum atomic E-state index is 12.2. The number of amides is 1. The minimum Gasteiger partial charge on any atom is -0.497 e. The van der Waals surface area contributed by atoms with E-state index in [-0.39, 0.29) is 23.5 Å². The first-order chi connectivity index (χ1) is 9.97. The Kier molecular flexibility index (Phi) is 3.36. The van der Waals surface area contributed by atoms with Gasteiger partial charge in [0, 0.05) is 23.0 Å². The highest BCUT2D eigenvalue weighted by Gasteiger charge is 2.29. The van der Waals surface area contributed by atoms with Crippen molar-refractivity contribution >= 4 is 26.6 Å². The Bertz CT molecular complexity index is 794. The number of sulfone groups is 1. The molecular formula is C14H16N2O4S. The molecule has 0 radical (unpaired) electrons. The molecule has 6 nitrogen and oxygen atoms in total. The first-order valence-electron chi connectivity index (χ1n) is 6.65. The van der Waals surface area contributed by atoms with Crippen molar-refractivity contribution in [1.82, 2.24) is 10.3 Å². The molecule has 1 saturated heterocycles. The van der Waals surface area contributed by atoms with Gasteiger partial charge >= 0.3 is 0 Å². The van der Waals surface area contributed by atoms with E-state index < -0.39 is 9.84 Å². The van der Waals surface area contributed by atoms with E-state index in [4.69, 9.17) is 4.74 Å². The summed E-state index contributed by atoms with van der Waals surface area (Å²) >= 11 is 0. The van der Waals surface area contributed by atoms with E-state index in [0.717, 1.165) is 10.9 Å². The van der Waals surface area contributed by atoms with Crippen LogP contribution in [0, 0.1) is 0 Å². The van der Waals surface area contributed by atoms with Crippen molar-refractivity contribution in [3.05, 3.63) is 30.0 Å². The van der Waals surface area contributed by atoms with Crippen LogP contribution in [0.15, 0.2) is 24.3 Å².